The number of rotatable bonds is 5. The van der Waals surface area contributed by atoms with E-state index in [4.69, 9.17) is 0 Å². The van der Waals surface area contributed by atoms with E-state index in [9.17, 15) is 5.11 Å². The summed E-state index contributed by atoms with van der Waals surface area (Å²) in [6, 6.07) is 8.06. The van der Waals surface area contributed by atoms with Gasteiger partial charge >= 0.3 is 0 Å². The van der Waals surface area contributed by atoms with Crippen molar-refractivity contribution in [2.24, 2.45) is 5.92 Å². The summed E-state index contributed by atoms with van der Waals surface area (Å²) >= 11 is 0. The van der Waals surface area contributed by atoms with Crippen molar-refractivity contribution < 1.29 is 5.11 Å². The molecule has 0 heterocycles. The van der Waals surface area contributed by atoms with Gasteiger partial charge in [-0.2, -0.15) is 0 Å². The summed E-state index contributed by atoms with van der Waals surface area (Å²) in [5.41, 5.74) is 1.29. The highest BCUT2D eigenvalue weighted by Gasteiger charge is 2.13. The number of hydrogen-bond donors (Lipinski definition) is 2. The van der Waals surface area contributed by atoms with Crippen LogP contribution in [0.25, 0.3) is 0 Å². The van der Waals surface area contributed by atoms with Gasteiger partial charge in [0.15, 0.2) is 0 Å². The second kappa shape index (κ2) is 5.76. The van der Waals surface area contributed by atoms with E-state index < -0.39 is 0 Å². The fourth-order valence-electron chi connectivity index (χ4n) is 2.04. The molecule has 0 spiro atoms. The molecule has 1 aromatic rings. The first-order valence-electron chi connectivity index (χ1n) is 5.62. The average molecular weight is 207 g/mol. The Kier molecular flexibility index (Phi) is 4.63. The maximum Gasteiger partial charge on any atom is 0.115 e. The van der Waals surface area contributed by atoms with Gasteiger partial charge in [-0.25, -0.2) is 0 Å². The third-order valence-corrected chi connectivity index (χ3v) is 2.99. The lowest BCUT2D eigenvalue weighted by Crippen LogP contribution is -2.32. The zero-order valence-electron chi connectivity index (χ0n) is 9.83. The molecule has 2 N–H and O–H groups in total. The minimum Gasteiger partial charge on any atom is -0.508 e. The molecule has 1 rings (SSSR count). The van der Waals surface area contributed by atoms with Gasteiger partial charge < -0.3 is 10.4 Å². The van der Waals surface area contributed by atoms with E-state index in [2.05, 4.69) is 19.2 Å². The summed E-state index contributed by atoms with van der Waals surface area (Å²) in [6.07, 6.45) is 2.20. The van der Waals surface area contributed by atoms with Crippen LogP contribution in [0.1, 0.15) is 25.8 Å². The van der Waals surface area contributed by atoms with Gasteiger partial charge in [0.2, 0.25) is 0 Å². The molecule has 0 aliphatic heterocycles. The lowest BCUT2D eigenvalue weighted by molar-refractivity contribution is 0.386. The second-order valence-corrected chi connectivity index (χ2v) is 4.15. The van der Waals surface area contributed by atoms with E-state index >= 15 is 0 Å². The number of aromatic hydroxyl groups is 1. The molecule has 2 atom stereocenters. The monoisotopic (exact) mass is 207 g/mol. The molecule has 0 amide bonds. The summed E-state index contributed by atoms with van der Waals surface area (Å²) in [4.78, 5) is 0. The Morgan fingerprint density at radius 1 is 1.27 bits per heavy atom. The van der Waals surface area contributed by atoms with Crippen LogP contribution in [-0.2, 0) is 6.42 Å². The topological polar surface area (TPSA) is 32.3 Å². The van der Waals surface area contributed by atoms with Gasteiger partial charge in [-0.15, -0.1) is 0 Å². The summed E-state index contributed by atoms with van der Waals surface area (Å²) in [6.45, 7) is 4.46. The van der Waals surface area contributed by atoms with E-state index in [0.29, 0.717) is 17.7 Å². The number of phenolic OH excluding ortho intramolecular Hbond substituents is 1. The third-order valence-electron chi connectivity index (χ3n) is 2.99. The van der Waals surface area contributed by atoms with Crippen LogP contribution in [0.3, 0.4) is 0 Å². The van der Waals surface area contributed by atoms with E-state index in [1.165, 1.54) is 5.56 Å². The zero-order chi connectivity index (χ0) is 11.3. The van der Waals surface area contributed by atoms with Crippen LogP contribution in [0.2, 0.25) is 0 Å². The van der Waals surface area contributed by atoms with Gasteiger partial charge in [0.1, 0.15) is 5.75 Å². The van der Waals surface area contributed by atoms with Gasteiger partial charge in [-0.05, 0) is 43.5 Å². The molecule has 1 aromatic carbocycles. The van der Waals surface area contributed by atoms with Crippen LogP contribution < -0.4 is 5.32 Å². The first kappa shape index (κ1) is 12.1. The van der Waals surface area contributed by atoms with Crippen molar-refractivity contribution in [3.8, 4) is 5.75 Å². The zero-order valence-corrected chi connectivity index (χ0v) is 9.83. The van der Waals surface area contributed by atoms with Crippen molar-refractivity contribution in [3.63, 3.8) is 0 Å². The summed E-state index contributed by atoms with van der Waals surface area (Å²) in [5.74, 6) is 0.955. The summed E-state index contributed by atoms with van der Waals surface area (Å²) in [7, 11) is 2.02. The Morgan fingerprint density at radius 2 is 1.87 bits per heavy atom. The van der Waals surface area contributed by atoms with E-state index in [1.807, 2.05) is 19.2 Å². The van der Waals surface area contributed by atoms with Crippen LogP contribution in [-0.4, -0.2) is 18.2 Å². The molecule has 0 aromatic heterocycles. The first-order valence-corrected chi connectivity index (χ1v) is 5.62. The number of benzene rings is 1. The van der Waals surface area contributed by atoms with Gasteiger partial charge in [0, 0.05) is 6.04 Å². The van der Waals surface area contributed by atoms with Crippen LogP contribution in [0.5, 0.6) is 5.75 Å². The third kappa shape index (κ3) is 3.56. The molecular formula is C13H21NO. The molecule has 2 heteroatoms. The number of phenols is 1. The molecule has 0 saturated carbocycles. The quantitative estimate of drug-likeness (QED) is 0.777. The van der Waals surface area contributed by atoms with Gasteiger partial charge in [0.25, 0.3) is 0 Å². The van der Waals surface area contributed by atoms with Crippen molar-refractivity contribution in [2.45, 2.75) is 32.7 Å². The van der Waals surface area contributed by atoms with Crippen molar-refractivity contribution in [1.29, 1.82) is 0 Å². The molecule has 0 fully saturated rings. The second-order valence-electron chi connectivity index (χ2n) is 4.15. The molecule has 15 heavy (non-hydrogen) atoms. The lowest BCUT2D eigenvalue weighted by Gasteiger charge is -2.22. The fourth-order valence-corrected chi connectivity index (χ4v) is 2.04. The highest BCUT2D eigenvalue weighted by atomic mass is 16.3. The average Bonchev–Trinajstić information content (AvgIpc) is 2.23. The normalized spacial score (nSPS) is 14.9. The van der Waals surface area contributed by atoms with Crippen LogP contribution in [0.4, 0.5) is 0 Å². The predicted octanol–water partition coefficient (Wildman–Crippen LogP) is 2.57. The predicted molar refractivity (Wildman–Crippen MR) is 64.1 cm³/mol. The number of hydrogen-bond acceptors (Lipinski definition) is 2. The van der Waals surface area contributed by atoms with Crippen molar-refractivity contribution in [3.05, 3.63) is 29.8 Å². The van der Waals surface area contributed by atoms with Gasteiger partial charge in [0.05, 0.1) is 0 Å². The molecule has 0 bridgehead atoms. The Labute approximate surface area is 92.3 Å². The molecule has 0 radical (unpaired) electrons. The summed E-state index contributed by atoms with van der Waals surface area (Å²) < 4.78 is 0. The fraction of sp³-hybridized carbons (Fsp3) is 0.538. The Bertz CT molecular complexity index is 277. The maximum atomic E-state index is 9.18. The van der Waals surface area contributed by atoms with E-state index in [-0.39, 0.29) is 0 Å². The molecule has 0 aliphatic carbocycles. The molecule has 2 unspecified atom stereocenters. The first-order chi connectivity index (χ1) is 7.17. The lowest BCUT2D eigenvalue weighted by atomic mass is 9.92. The molecule has 0 saturated heterocycles. The SMILES string of the molecule is CCC(NC)C(C)Cc1ccc(O)cc1. The van der Waals surface area contributed by atoms with E-state index in [1.54, 1.807) is 12.1 Å². The van der Waals surface area contributed by atoms with Crippen molar-refractivity contribution >= 4 is 0 Å². The maximum absolute atomic E-state index is 9.18. The van der Waals surface area contributed by atoms with Crippen molar-refractivity contribution in [2.75, 3.05) is 7.05 Å². The smallest absolute Gasteiger partial charge is 0.115 e. The van der Waals surface area contributed by atoms with Crippen LogP contribution in [0.15, 0.2) is 24.3 Å². The highest BCUT2D eigenvalue weighted by molar-refractivity contribution is 5.26. The van der Waals surface area contributed by atoms with E-state index in [0.717, 1.165) is 12.8 Å². The highest BCUT2D eigenvalue weighted by Crippen LogP contribution is 2.16. The Balaban J connectivity index is 2.57. The Hall–Kier alpha value is -1.02. The molecule has 84 valence electrons. The minimum atomic E-state index is 0.340. The Morgan fingerprint density at radius 3 is 2.33 bits per heavy atom. The number of nitrogens with one attached hydrogen (secondary N) is 1. The van der Waals surface area contributed by atoms with Crippen LogP contribution >= 0.6 is 0 Å². The molecular weight excluding hydrogens is 186 g/mol. The molecule has 2 nitrogen and oxygen atoms in total. The molecule has 0 aliphatic rings. The van der Waals surface area contributed by atoms with Crippen molar-refractivity contribution in [1.82, 2.24) is 5.32 Å². The van der Waals surface area contributed by atoms with Gasteiger partial charge in [-0.1, -0.05) is 26.0 Å². The minimum absolute atomic E-state index is 0.340. The van der Waals surface area contributed by atoms with Crippen LogP contribution in [0, 0.1) is 5.92 Å². The van der Waals surface area contributed by atoms with Gasteiger partial charge in [-0.3, -0.25) is 0 Å². The summed E-state index contributed by atoms with van der Waals surface area (Å²) in [5, 5.41) is 12.5. The largest absolute Gasteiger partial charge is 0.508 e. The standard InChI is InChI=1S/C13H21NO/c1-4-13(14-3)10(2)9-11-5-7-12(15)8-6-11/h5-8,10,13-15H,4,9H2,1-3H3.